The number of rotatable bonds is 4. The molecule has 0 aliphatic heterocycles. The molecule has 0 unspecified atom stereocenters. The van der Waals surface area contributed by atoms with Crippen LogP contribution in [0.1, 0.15) is 16.8 Å². The molecule has 4 heteroatoms. The van der Waals surface area contributed by atoms with Crippen molar-refractivity contribution in [2.75, 3.05) is 0 Å². The van der Waals surface area contributed by atoms with Crippen molar-refractivity contribution in [3.8, 4) is 39.3 Å². The fraction of sp³-hybridized carbons (Fsp3) is 0.0698. The fourth-order valence-corrected chi connectivity index (χ4v) is 5.85. The zero-order chi connectivity index (χ0) is 31.5. The summed E-state index contributed by atoms with van der Waals surface area (Å²) in [5, 5.41) is 2.51. The molecule has 8 aromatic rings. The number of hydrogen-bond donors (Lipinski definition) is 0. The van der Waals surface area contributed by atoms with E-state index in [-0.39, 0.29) is 20.1 Å². The maximum atomic E-state index is 4.58. The number of pyridine rings is 2. The molecule has 5 aromatic carbocycles. The molecular formula is C43H33IrN3-2. The first-order valence-corrected chi connectivity index (χ1v) is 15.5. The molecule has 0 aliphatic carbocycles. The Morgan fingerprint density at radius 2 is 1.26 bits per heavy atom. The zero-order valence-corrected chi connectivity index (χ0v) is 28.9. The summed E-state index contributed by atoms with van der Waals surface area (Å²) in [7, 11) is 0. The summed E-state index contributed by atoms with van der Waals surface area (Å²) in [4.78, 5) is 9.03. The maximum absolute atomic E-state index is 4.58. The molecule has 8 rings (SSSR count). The van der Waals surface area contributed by atoms with Crippen LogP contribution >= 0.6 is 0 Å². The Labute approximate surface area is 290 Å². The van der Waals surface area contributed by atoms with Crippen molar-refractivity contribution in [2.45, 2.75) is 20.8 Å². The van der Waals surface area contributed by atoms with Gasteiger partial charge in [-0.3, -0.25) is 0 Å². The predicted molar refractivity (Wildman–Crippen MR) is 191 cm³/mol. The first-order valence-electron chi connectivity index (χ1n) is 15.5. The minimum Gasteiger partial charge on any atom is -0.309 e. The van der Waals surface area contributed by atoms with E-state index in [4.69, 9.17) is 0 Å². The van der Waals surface area contributed by atoms with Crippen molar-refractivity contribution in [3.05, 3.63) is 175 Å². The van der Waals surface area contributed by atoms with E-state index in [1.54, 1.807) is 0 Å². The van der Waals surface area contributed by atoms with Gasteiger partial charge in [0.1, 0.15) is 0 Å². The smallest absolute Gasteiger partial charge is 0.0541 e. The molecule has 0 spiro atoms. The van der Waals surface area contributed by atoms with Crippen LogP contribution in [0.25, 0.3) is 61.1 Å². The average Bonchev–Trinajstić information content (AvgIpc) is 3.43. The third-order valence-corrected chi connectivity index (χ3v) is 8.13. The topological polar surface area (TPSA) is 30.7 Å². The molecule has 0 atom stereocenters. The quantitative estimate of drug-likeness (QED) is 0.167. The van der Waals surface area contributed by atoms with Gasteiger partial charge in [0.2, 0.25) is 0 Å². The molecular weight excluding hydrogens is 751 g/mol. The van der Waals surface area contributed by atoms with E-state index in [0.29, 0.717) is 0 Å². The van der Waals surface area contributed by atoms with Crippen molar-refractivity contribution in [1.29, 1.82) is 0 Å². The van der Waals surface area contributed by atoms with Gasteiger partial charge < -0.3 is 14.5 Å². The minimum absolute atomic E-state index is 0. The van der Waals surface area contributed by atoms with Gasteiger partial charge in [-0.1, -0.05) is 73.7 Å². The largest absolute Gasteiger partial charge is 0.309 e. The molecule has 0 saturated carbocycles. The van der Waals surface area contributed by atoms with Gasteiger partial charge in [-0.25, -0.2) is 0 Å². The second kappa shape index (κ2) is 14.1. The summed E-state index contributed by atoms with van der Waals surface area (Å²) < 4.78 is 2.34. The molecule has 0 aliphatic rings. The normalized spacial score (nSPS) is 10.7. The van der Waals surface area contributed by atoms with Gasteiger partial charge >= 0.3 is 0 Å². The van der Waals surface area contributed by atoms with Crippen molar-refractivity contribution < 1.29 is 20.1 Å². The second-order valence-corrected chi connectivity index (χ2v) is 11.6. The second-order valence-electron chi connectivity index (χ2n) is 11.6. The predicted octanol–water partition coefficient (Wildman–Crippen LogP) is 10.8. The van der Waals surface area contributed by atoms with Crippen molar-refractivity contribution >= 4 is 21.8 Å². The molecule has 0 amide bonds. The standard InChI is InChI=1S/C30H21N2.C13H12N.Ir/c1-21-14-16-28(31-20-21)24-9-7-8-22(18-24)23-15-17-30-27(19-23)26-12-5-6-13-29(26)32(30)25-10-3-2-4-11-25;1-10-5-3-7-12(9-10)13-8-4-6-11(2)14-13;/h2-8,10-20H,1H3;3-6,8-9H,1-2H3;/q2*-1;. The fourth-order valence-electron chi connectivity index (χ4n) is 5.85. The Bertz CT molecular complexity index is 2240. The monoisotopic (exact) mass is 784 g/mol. The van der Waals surface area contributed by atoms with Gasteiger partial charge in [-0.2, -0.15) is 0 Å². The van der Waals surface area contributed by atoms with Gasteiger partial charge in [-0.05, 0) is 72.8 Å². The van der Waals surface area contributed by atoms with E-state index in [0.717, 1.165) is 33.8 Å². The minimum atomic E-state index is 0. The molecule has 1 radical (unpaired) electrons. The van der Waals surface area contributed by atoms with E-state index < -0.39 is 0 Å². The maximum Gasteiger partial charge on any atom is 0.0541 e. The summed E-state index contributed by atoms with van der Waals surface area (Å²) >= 11 is 0. The Hall–Kier alpha value is -5.15. The molecule has 0 N–H and O–H groups in total. The average molecular weight is 784 g/mol. The van der Waals surface area contributed by atoms with Crippen LogP contribution in [0.4, 0.5) is 0 Å². The number of benzene rings is 5. The van der Waals surface area contributed by atoms with E-state index in [9.17, 15) is 0 Å². The first-order chi connectivity index (χ1) is 22.5. The van der Waals surface area contributed by atoms with Gasteiger partial charge in [-0.15, -0.1) is 70.8 Å². The molecule has 3 heterocycles. The SMILES string of the molecule is Cc1cc[c-]c(-c2cccc(C)n2)c1.Cc1ccc(-c2[c-]ccc(-c3ccc4c(c3)c3ccccc3n4-c3ccccc3)c2)nc1.[Ir]. The van der Waals surface area contributed by atoms with Crippen LogP contribution < -0.4 is 0 Å². The van der Waals surface area contributed by atoms with Crippen LogP contribution in [0.3, 0.4) is 0 Å². The summed E-state index contributed by atoms with van der Waals surface area (Å²) in [6.45, 7) is 6.13. The van der Waals surface area contributed by atoms with Crippen LogP contribution in [0.15, 0.2) is 146 Å². The number of aromatic nitrogens is 3. The molecule has 3 aromatic heterocycles. The first kappa shape index (κ1) is 31.8. The number of nitrogens with zero attached hydrogens (tertiary/aromatic N) is 3. The molecule has 231 valence electrons. The van der Waals surface area contributed by atoms with Crippen LogP contribution in [-0.2, 0) is 20.1 Å². The van der Waals surface area contributed by atoms with Gasteiger partial charge in [0.15, 0.2) is 0 Å². The Balaban J connectivity index is 0.000000217. The molecule has 47 heavy (non-hydrogen) atoms. The molecule has 0 bridgehead atoms. The summed E-state index contributed by atoms with van der Waals surface area (Å²) in [5.41, 5.74) is 13.4. The Morgan fingerprint density at radius 3 is 2.02 bits per heavy atom. The summed E-state index contributed by atoms with van der Waals surface area (Å²) in [5.74, 6) is 0. The van der Waals surface area contributed by atoms with Crippen molar-refractivity contribution in [2.24, 2.45) is 0 Å². The van der Waals surface area contributed by atoms with Gasteiger partial charge in [0.25, 0.3) is 0 Å². The Morgan fingerprint density at radius 1 is 0.532 bits per heavy atom. The van der Waals surface area contributed by atoms with Crippen LogP contribution in [0.2, 0.25) is 0 Å². The Kier molecular flexibility index (Phi) is 9.54. The van der Waals surface area contributed by atoms with Gasteiger partial charge in [0.05, 0.1) is 11.0 Å². The van der Waals surface area contributed by atoms with Crippen LogP contribution in [0, 0.1) is 32.9 Å². The third-order valence-electron chi connectivity index (χ3n) is 8.13. The van der Waals surface area contributed by atoms with Gasteiger partial charge in [0, 0.05) is 48.5 Å². The van der Waals surface area contributed by atoms with Crippen molar-refractivity contribution in [1.82, 2.24) is 14.5 Å². The van der Waals surface area contributed by atoms with E-state index in [1.807, 2.05) is 49.5 Å². The molecule has 0 fully saturated rings. The van der Waals surface area contributed by atoms with Crippen LogP contribution in [0.5, 0.6) is 0 Å². The number of para-hydroxylation sites is 2. The number of aryl methyl sites for hydroxylation is 3. The zero-order valence-electron chi connectivity index (χ0n) is 26.5. The molecule has 0 saturated heterocycles. The van der Waals surface area contributed by atoms with E-state index in [1.165, 1.54) is 44.2 Å². The third kappa shape index (κ3) is 6.85. The van der Waals surface area contributed by atoms with E-state index in [2.05, 4.69) is 144 Å². The summed E-state index contributed by atoms with van der Waals surface area (Å²) in [6, 6.07) is 55.0. The number of fused-ring (bicyclic) bond motifs is 3. The molecule has 3 nitrogen and oxygen atoms in total. The summed E-state index contributed by atoms with van der Waals surface area (Å²) in [6.07, 6.45) is 1.90. The number of hydrogen-bond acceptors (Lipinski definition) is 2. The van der Waals surface area contributed by atoms with Crippen molar-refractivity contribution in [3.63, 3.8) is 0 Å². The van der Waals surface area contributed by atoms with E-state index >= 15 is 0 Å². The van der Waals surface area contributed by atoms with Crippen LogP contribution in [-0.4, -0.2) is 14.5 Å².